The molecule has 4 rings (SSSR count). The van der Waals surface area contributed by atoms with Crippen molar-refractivity contribution >= 4 is 22.7 Å². The molecular weight excluding hydrogens is 318 g/mol. The SMILES string of the molecule is Nc1cc(=O)n([C@H]2CC[C@H](O)C2)c2nc(NC3CCCCC3)ncc12. The zero-order valence-corrected chi connectivity index (χ0v) is 14.3. The summed E-state index contributed by atoms with van der Waals surface area (Å²) in [4.78, 5) is 21.6. The minimum atomic E-state index is -0.355. The van der Waals surface area contributed by atoms with Crippen molar-refractivity contribution in [3.05, 3.63) is 22.6 Å². The second-order valence-electron chi connectivity index (χ2n) is 7.34. The van der Waals surface area contributed by atoms with E-state index in [1.54, 1.807) is 10.8 Å². The summed E-state index contributed by atoms with van der Waals surface area (Å²) < 4.78 is 1.69. The minimum Gasteiger partial charge on any atom is -0.398 e. The van der Waals surface area contributed by atoms with Gasteiger partial charge in [0.2, 0.25) is 5.95 Å². The fourth-order valence-corrected chi connectivity index (χ4v) is 4.17. The van der Waals surface area contributed by atoms with Crippen molar-refractivity contribution in [3.8, 4) is 0 Å². The van der Waals surface area contributed by atoms with Crippen LogP contribution in [0.25, 0.3) is 11.0 Å². The fraction of sp³-hybridized carbons (Fsp3) is 0.611. The first-order valence-corrected chi connectivity index (χ1v) is 9.24. The number of hydrogen-bond acceptors (Lipinski definition) is 6. The van der Waals surface area contributed by atoms with Gasteiger partial charge in [-0.05, 0) is 32.1 Å². The van der Waals surface area contributed by atoms with E-state index in [-0.39, 0.29) is 17.7 Å². The van der Waals surface area contributed by atoms with Crippen LogP contribution in [0.3, 0.4) is 0 Å². The zero-order chi connectivity index (χ0) is 17.4. The van der Waals surface area contributed by atoms with Gasteiger partial charge in [0.15, 0.2) is 5.65 Å². The second kappa shape index (κ2) is 6.63. The van der Waals surface area contributed by atoms with Gasteiger partial charge in [-0.3, -0.25) is 9.36 Å². The number of aliphatic hydroxyl groups excluding tert-OH is 1. The number of nitrogens with two attached hydrogens (primary N) is 1. The van der Waals surface area contributed by atoms with E-state index in [1.165, 1.54) is 25.3 Å². The predicted molar refractivity (Wildman–Crippen MR) is 97.6 cm³/mol. The monoisotopic (exact) mass is 343 g/mol. The molecule has 0 amide bonds. The van der Waals surface area contributed by atoms with Gasteiger partial charge in [0.1, 0.15) is 0 Å². The Morgan fingerprint density at radius 1 is 1.20 bits per heavy atom. The first-order valence-electron chi connectivity index (χ1n) is 9.24. The molecular formula is C18H25N5O2. The molecule has 2 fully saturated rings. The molecule has 7 heteroatoms. The van der Waals surface area contributed by atoms with Gasteiger partial charge >= 0.3 is 0 Å². The van der Waals surface area contributed by atoms with Crippen LogP contribution in [0.5, 0.6) is 0 Å². The summed E-state index contributed by atoms with van der Waals surface area (Å²) in [6, 6.07) is 1.79. The second-order valence-corrected chi connectivity index (χ2v) is 7.34. The molecule has 2 aromatic rings. The Morgan fingerprint density at radius 3 is 2.72 bits per heavy atom. The van der Waals surface area contributed by atoms with Crippen LogP contribution >= 0.6 is 0 Å². The standard InChI is InChI=1S/C18H25N5O2/c19-15-9-16(25)23(12-6-7-13(24)8-12)17-14(15)10-20-18(22-17)21-11-4-2-1-3-5-11/h9-13,24H,1-8,19H2,(H,20,21,22)/t12-,13-/m0/s1. The fourth-order valence-electron chi connectivity index (χ4n) is 4.17. The molecule has 2 aromatic heterocycles. The molecule has 25 heavy (non-hydrogen) atoms. The first-order chi connectivity index (χ1) is 12.1. The van der Waals surface area contributed by atoms with E-state index in [9.17, 15) is 9.90 Å². The largest absolute Gasteiger partial charge is 0.398 e. The lowest BCUT2D eigenvalue weighted by atomic mass is 9.96. The molecule has 2 aliphatic rings. The van der Waals surface area contributed by atoms with Crippen molar-refractivity contribution in [2.45, 2.75) is 69.6 Å². The van der Waals surface area contributed by atoms with Gasteiger partial charge in [-0.1, -0.05) is 19.3 Å². The third-order valence-electron chi connectivity index (χ3n) is 5.51. The molecule has 4 N–H and O–H groups in total. The average Bonchev–Trinajstić information content (AvgIpc) is 3.01. The van der Waals surface area contributed by atoms with Crippen LogP contribution in [-0.2, 0) is 0 Å². The molecule has 2 heterocycles. The highest BCUT2D eigenvalue weighted by Crippen LogP contribution is 2.32. The number of nitrogens with zero attached hydrogens (tertiary/aromatic N) is 3. The third kappa shape index (κ3) is 3.20. The molecule has 0 bridgehead atoms. The van der Waals surface area contributed by atoms with Crippen molar-refractivity contribution in [2.75, 3.05) is 11.1 Å². The van der Waals surface area contributed by atoms with E-state index < -0.39 is 0 Å². The van der Waals surface area contributed by atoms with Crippen molar-refractivity contribution in [2.24, 2.45) is 0 Å². The number of pyridine rings is 1. The van der Waals surface area contributed by atoms with Gasteiger partial charge < -0.3 is 16.2 Å². The van der Waals surface area contributed by atoms with E-state index in [0.29, 0.717) is 41.6 Å². The van der Waals surface area contributed by atoms with E-state index in [1.807, 2.05) is 0 Å². The van der Waals surface area contributed by atoms with Gasteiger partial charge in [-0.2, -0.15) is 4.98 Å². The summed E-state index contributed by atoms with van der Waals surface area (Å²) in [5.41, 5.74) is 6.83. The third-order valence-corrected chi connectivity index (χ3v) is 5.51. The Labute approximate surface area is 146 Å². The van der Waals surface area contributed by atoms with Crippen molar-refractivity contribution in [3.63, 3.8) is 0 Å². The lowest BCUT2D eigenvalue weighted by molar-refractivity contribution is 0.178. The number of nitrogen functional groups attached to an aromatic ring is 1. The maximum Gasteiger partial charge on any atom is 0.254 e. The Hall–Kier alpha value is -2.15. The molecule has 2 atom stereocenters. The topological polar surface area (TPSA) is 106 Å². The average molecular weight is 343 g/mol. The van der Waals surface area contributed by atoms with Crippen LogP contribution in [0.1, 0.15) is 57.4 Å². The van der Waals surface area contributed by atoms with E-state index >= 15 is 0 Å². The van der Waals surface area contributed by atoms with Crippen molar-refractivity contribution in [1.82, 2.24) is 14.5 Å². The molecule has 0 saturated heterocycles. The Morgan fingerprint density at radius 2 is 2.00 bits per heavy atom. The summed E-state index contributed by atoms with van der Waals surface area (Å²) in [5.74, 6) is 0.552. The summed E-state index contributed by atoms with van der Waals surface area (Å²) in [5, 5.41) is 14.0. The minimum absolute atomic E-state index is 0.0389. The number of fused-ring (bicyclic) bond motifs is 1. The molecule has 0 radical (unpaired) electrons. The normalized spacial score (nSPS) is 24.7. The smallest absolute Gasteiger partial charge is 0.254 e. The zero-order valence-electron chi connectivity index (χ0n) is 14.3. The summed E-state index contributed by atoms with van der Waals surface area (Å²) in [6.07, 6.45) is 9.39. The molecule has 2 saturated carbocycles. The van der Waals surface area contributed by atoms with Crippen LogP contribution < -0.4 is 16.6 Å². The van der Waals surface area contributed by atoms with Gasteiger partial charge in [0.05, 0.1) is 11.5 Å². The quantitative estimate of drug-likeness (QED) is 0.789. The van der Waals surface area contributed by atoms with Crippen molar-refractivity contribution in [1.29, 1.82) is 0 Å². The lowest BCUT2D eigenvalue weighted by Gasteiger charge is -2.23. The molecule has 7 nitrogen and oxygen atoms in total. The number of nitrogens with one attached hydrogen (secondary N) is 1. The molecule has 134 valence electrons. The lowest BCUT2D eigenvalue weighted by Crippen LogP contribution is -2.27. The molecule has 0 aliphatic heterocycles. The molecule has 0 aromatic carbocycles. The highest BCUT2D eigenvalue weighted by atomic mass is 16.3. The Balaban J connectivity index is 1.74. The maximum atomic E-state index is 12.6. The van der Waals surface area contributed by atoms with E-state index in [0.717, 1.165) is 19.3 Å². The van der Waals surface area contributed by atoms with Crippen molar-refractivity contribution < 1.29 is 5.11 Å². The van der Waals surface area contributed by atoms with Crippen LogP contribution in [-0.4, -0.2) is 31.8 Å². The van der Waals surface area contributed by atoms with Gasteiger partial charge in [0.25, 0.3) is 5.56 Å². The van der Waals surface area contributed by atoms with Gasteiger partial charge in [-0.25, -0.2) is 4.98 Å². The Kier molecular flexibility index (Phi) is 4.33. The van der Waals surface area contributed by atoms with E-state index in [4.69, 9.17) is 5.73 Å². The first kappa shape index (κ1) is 16.3. The molecule has 0 unspecified atom stereocenters. The summed E-state index contributed by atoms with van der Waals surface area (Å²) in [7, 11) is 0. The number of aliphatic hydroxyl groups is 1. The summed E-state index contributed by atoms with van der Waals surface area (Å²) in [6.45, 7) is 0. The predicted octanol–water partition coefficient (Wildman–Crippen LogP) is 2.20. The molecule has 0 spiro atoms. The number of aromatic nitrogens is 3. The maximum absolute atomic E-state index is 12.6. The number of anilines is 2. The van der Waals surface area contributed by atoms with Crippen LogP contribution in [0.15, 0.2) is 17.1 Å². The summed E-state index contributed by atoms with van der Waals surface area (Å²) >= 11 is 0. The Bertz CT molecular complexity index is 828. The number of rotatable bonds is 3. The van der Waals surface area contributed by atoms with Crippen LogP contribution in [0, 0.1) is 0 Å². The highest BCUT2D eigenvalue weighted by molar-refractivity contribution is 5.87. The van der Waals surface area contributed by atoms with Crippen LogP contribution in [0.2, 0.25) is 0 Å². The molecule has 2 aliphatic carbocycles. The number of hydrogen-bond donors (Lipinski definition) is 3. The van der Waals surface area contributed by atoms with E-state index in [2.05, 4.69) is 15.3 Å². The van der Waals surface area contributed by atoms with Gasteiger partial charge in [-0.15, -0.1) is 0 Å². The highest BCUT2D eigenvalue weighted by Gasteiger charge is 2.27. The van der Waals surface area contributed by atoms with Crippen LogP contribution in [0.4, 0.5) is 11.6 Å². The van der Waals surface area contributed by atoms with Gasteiger partial charge in [0, 0.05) is 30.0 Å².